The van der Waals surface area contributed by atoms with E-state index in [1.165, 1.54) is 24.2 Å². The minimum atomic E-state index is -0.612. The second-order valence-electron chi connectivity index (χ2n) is 10.4. The Morgan fingerprint density at radius 2 is 1.96 bits per heavy atom. The molecule has 14 nitrogen and oxygen atoms in total. The molecule has 5 N–H and O–H groups in total. The molecule has 4 aromatic rings. The second kappa shape index (κ2) is 14.0. The molecule has 2 bridgehead atoms. The summed E-state index contributed by atoms with van der Waals surface area (Å²) in [6, 6.07) is 9.53. The van der Waals surface area contributed by atoms with Crippen molar-refractivity contribution in [1.29, 1.82) is 0 Å². The average Bonchev–Trinajstić information content (AvgIpc) is 3.70. The van der Waals surface area contributed by atoms with Crippen molar-refractivity contribution in [3.05, 3.63) is 70.9 Å². The van der Waals surface area contributed by atoms with Gasteiger partial charge in [0.25, 0.3) is 0 Å². The van der Waals surface area contributed by atoms with Gasteiger partial charge < -0.3 is 25.7 Å². The van der Waals surface area contributed by atoms with Crippen LogP contribution in [0.4, 0.5) is 16.2 Å². The van der Waals surface area contributed by atoms with Gasteiger partial charge in [0.15, 0.2) is 0 Å². The number of fused-ring (bicyclic) bond motifs is 4. The third-order valence-corrected chi connectivity index (χ3v) is 7.62. The molecule has 234 valence electrons. The van der Waals surface area contributed by atoms with E-state index in [9.17, 15) is 14.4 Å². The lowest BCUT2D eigenvalue weighted by molar-refractivity contribution is -0.121. The van der Waals surface area contributed by atoms with E-state index in [1.54, 1.807) is 43.5 Å². The first-order chi connectivity index (χ1) is 21.7. The van der Waals surface area contributed by atoms with Gasteiger partial charge in [0.2, 0.25) is 11.8 Å². The van der Waals surface area contributed by atoms with Crippen LogP contribution in [0.3, 0.4) is 0 Å². The Kier molecular flexibility index (Phi) is 9.73. The smallest absolute Gasteiger partial charge is 0.411 e. The van der Waals surface area contributed by atoms with Gasteiger partial charge in [-0.1, -0.05) is 24.4 Å². The van der Waals surface area contributed by atoms with Gasteiger partial charge in [-0.2, -0.15) is 4.68 Å². The summed E-state index contributed by atoms with van der Waals surface area (Å²) in [6.07, 6.45) is 6.49. The number of nitrogens with zero attached hydrogens (tertiary/aromatic N) is 5. The molecular weight excluding hydrogens is 600 g/mol. The number of tetrazole rings is 1. The fourth-order valence-electron chi connectivity index (χ4n) is 5.16. The normalized spacial score (nSPS) is 16.4. The van der Waals surface area contributed by atoms with Gasteiger partial charge in [-0.15, -0.1) is 5.10 Å². The number of ether oxygens (including phenoxy) is 1. The first-order valence-electron chi connectivity index (χ1n) is 14.3. The van der Waals surface area contributed by atoms with Gasteiger partial charge >= 0.3 is 6.09 Å². The van der Waals surface area contributed by atoms with Crippen LogP contribution in [0.15, 0.2) is 48.8 Å². The van der Waals surface area contributed by atoms with Crippen LogP contribution < -0.4 is 21.3 Å². The quantitative estimate of drug-likeness (QED) is 0.195. The molecule has 3 amide bonds. The van der Waals surface area contributed by atoms with Crippen LogP contribution >= 0.6 is 11.6 Å². The number of benzene rings is 2. The van der Waals surface area contributed by atoms with E-state index in [1.807, 2.05) is 13.0 Å². The first kappa shape index (κ1) is 31.2. The molecular formula is C30H33ClN10O4. The minimum absolute atomic E-state index is 0.166. The number of methoxy groups -OCH3 is 1. The van der Waals surface area contributed by atoms with Crippen LogP contribution in [0.1, 0.15) is 48.8 Å². The van der Waals surface area contributed by atoms with E-state index in [0.717, 1.165) is 11.3 Å². The minimum Gasteiger partial charge on any atom is -0.453 e. The Bertz CT molecular complexity index is 1720. The maximum Gasteiger partial charge on any atom is 0.411 e. The van der Waals surface area contributed by atoms with Crippen molar-refractivity contribution in [2.45, 2.75) is 44.7 Å². The van der Waals surface area contributed by atoms with Gasteiger partial charge in [-0.25, -0.2) is 9.78 Å². The number of aryl methyl sites for hydroxylation is 1. The molecule has 0 unspecified atom stereocenters. The summed E-state index contributed by atoms with van der Waals surface area (Å²) in [5, 5.41) is 23.6. The molecule has 45 heavy (non-hydrogen) atoms. The van der Waals surface area contributed by atoms with Crippen molar-refractivity contribution in [2.24, 2.45) is 0 Å². The zero-order valence-corrected chi connectivity index (χ0v) is 25.7. The summed E-state index contributed by atoms with van der Waals surface area (Å²) >= 11 is 6.23. The van der Waals surface area contributed by atoms with Crippen molar-refractivity contribution >= 4 is 47.0 Å². The zero-order chi connectivity index (χ0) is 31.9. The lowest BCUT2D eigenvalue weighted by atomic mass is 10.0. The standard InChI is InChI=1S/C30H33ClN10O4/c1-17-27-21-11-10-20(35-30(44)45-3)15-24(21)36-23(29(43)32-2)7-5-4-6-22(28(34-17)38-27)37-26(42)13-8-18-14-19(31)9-12-25(18)41-16-33-39-40-41/h8-16,22-23,36H,4-7H2,1-3H3,(H,32,43)(H,34,38)(H,35,44)(H,37,42)/b13-8+/t22-,23+/m0/s1. The summed E-state index contributed by atoms with van der Waals surface area (Å²) in [7, 11) is 2.88. The lowest BCUT2D eigenvalue weighted by Gasteiger charge is -2.22. The number of halogens is 1. The highest BCUT2D eigenvalue weighted by Crippen LogP contribution is 2.35. The summed E-state index contributed by atoms with van der Waals surface area (Å²) in [4.78, 5) is 46.2. The van der Waals surface area contributed by atoms with Crippen LogP contribution in [0.25, 0.3) is 23.0 Å². The van der Waals surface area contributed by atoms with Crippen LogP contribution in [-0.4, -0.2) is 68.3 Å². The third-order valence-electron chi connectivity index (χ3n) is 7.38. The molecule has 0 radical (unpaired) electrons. The highest BCUT2D eigenvalue weighted by Gasteiger charge is 2.25. The number of hydrogen-bond donors (Lipinski definition) is 5. The molecule has 0 spiro atoms. The molecule has 15 heteroatoms. The zero-order valence-electron chi connectivity index (χ0n) is 24.9. The molecule has 1 aliphatic heterocycles. The molecule has 1 aliphatic rings. The largest absolute Gasteiger partial charge is 0.453 e. The van der Waals surface area contributed by atoms with Crippen molar-refractivity contribution in [3.8, 4) is 16.9 Å². The number of imidazole rings is 1. The Morgan fingerprint density at radius 1 is 1.13 bits per heavy atom. The molecule has 3 heterocycles. The fourth-order valence-corrected chi connectivity index (χ4v) is 5.34. The Hall–Kier alpha value is -5.24. The van der Waals surface area contributed by atoms with Crippen LogP contribution in [0.2, 0.25) is 5.02 Å². The second-order valence-corrected chi connectivity index (χ2v) is 10.9. The monoisotopic (exact) mass is 632 g/mol. The van der Waals surface area contributed by atoms with E-state index >= 15 is 0 Å². The van der Waals surface area contributed by atoms with E-state index in [-0.39, 0.29) is 11.8 Å². The van der Waals surface area contributed by atoms with Gasteiger partial charge in [0.1, 0.15) is 18.2 Å². The number of H-pyrrole nitrogens is 1. The summed E-state index contributed by atoms with van der Waals surface area (Å²) in [5.41, 5.74) is 4.57. The van der Waals surface area contributed by atoms with E-state index in [2.05, 4.69) is 41.8 Å². The van der Waals surface area contributed by atoms with Gasteiger partial charge in [-0.3, -0.25) is 14.9 Å². The number of aromatic nitrogens is 6. The lowest BCUT2D eigenvalue weighted by Crippen LogP contribution is -2.38. The van der Waals surface area contributed by atoms with Crippen molar-refractivity contribution < 1.29 is 19.1 Å². The number of carbonyl (C=O) groups excluding carboxylic acids is 3. The van der Waals surface area contributed by atoms with E-state index in [0.29, 0.717) is 64.8 Å². The molecule has 0 fully saturated rings. The number of likely N-dealkylation sites (N-methyl/N-ethyl adjacent to an activating group) is 1. The molecule has 0 saturated heterocycles. The Labute approximate surface area is 264 Å². The Balaban J connectivity index is 1.45. The van der Waals surface area contributed by atoms with Gasteiger partial charge in [-0.05, 0) is 72.7 Å². The highest BCUT2D eigenvalue weighted by atomic mass is 35.5. The maximum atomic E-state index is 13.2. The van der Waals surface area contributed by atoms with E-state index in [4.69, 9.17) is 21.3 Å². The van der Waals surface area contributed by atoms with Crippen molar-refractivity contribution in [3.63, 3.8) is 0 Å². The van der Waals surface area contributed by atoms with Gasteiger partial charge in [0, 0.05) is 46.3 Å². The fraction of sp³-hybridized carbons (Fsp3) is 0.300. The molecule has 0 saturated carbocycles. The highest BCUT2D eigenvalue weighted by molar-refractivity contribution is 6.30. The van der Waals surface area contributed by atoms with E-state index < -0.39 is 18.2 Å². The van der Waals surface area contributed by atoms with Crippen LogP contribution in [-0.2, 0) is 14.3 Å². The predicted octanol–water partition coefficient (Wildman–Crippen LogP) is 4.16. The SMILES string of the molecule is CNC(=O)[C@H]1CCCC[C@H](NC(=O)/C=C/c2cc(Cl)ccc2-n2cnnn2)c2nc(c(C)[nH]2)-c2ccc(NC(=O)OC)cc2N1. The van der Waals surface area contributed by atoms with Crippen molar-refractivity contribution in [2.75, 3.05) is 24.8 Å². The number of amides is 3. The molecule has 5 rings (SSSR count). The maximum absolute atomic E-state index is 13.2. The molecule has 0 aliphatic carbocycles. The topological polar surface area (TPSA) is 181 Å². The number of anilines is 2. The number of carbonyl (C=O) groups is 3. The van der Waals surface area contributed by atoms with Crippen molar-refractivity contribution in [1.82, 2.24) is 40.8 Å². The molecule has 2 atom stereocenters. The summed E-state index contributed by atoms with van der Waals surface area (Å²) < 4.78 is 6.22. The average molecular weight is 633 g/mol. The van der Waals surface area contributed by atoms with Crippen LogP contribution in [0.5, 0.6) is 0 Å². The first-order valence-corrected chi connectivity index (χ1v) is 14.7. The molecule has 2 aromatic carbocycles. The number of aromatic amines is 1. The summed E-state index contributed by atoms with van der Waals surface area (Å²) in [6.45, 7) is 1.89. The molecule has 2 aromatic heterocycles. The predicted molar refractivity (Wildman–Crippen MR) is 169 cm³/mol. The number of nitrogens with one attached hydrogen (secondary N) is 5. The Morgan fingerprint density at radius 3 is 2.71 bits per heavy atom. The summed E-state index contributed by atoms with van der Waals surface area (Å²) in [5.74, 6) is 0.113. The third kappa shape index (κ3) is 7.47. The van der Waals surface area contributed by atoms with Gasteiger partial charge in [0.05, 0.1) is 24.5 Å². The number of hydrogen-bond acceptors (Lipinski definition) is 9. The number of rotatable bonds is 6. The van der Waals surface area contributed by atoms with Crippen LogP contribution in [0, 0.1) is 6.92 Å².